The summed E-state index contributed by atoms with van der Waals surface area (Å²) in [7, 11) is -4.46. The summed E-state index contributed by atoms with van der Waals surface area (Å²) in [6.45, 7) is 4.47. The van der Waals surface area contributed by atoms with Gasteiger partial charge in [-0.15, -0.1) is 0 Å². The molecular weight excluding hydrogens is 647 g/mol. The lowest BCUT2D eigenvalue weighted by Crippen LogP contribution is -2.50. The molecule has 0 aliphatic heterocycles. The fourth-order valence-corrected chi connectivity index (χ4v) is 6.67. The van der Waals surface area contributed by atoms with Crippen LogP contribution in [0.1, 0.15) is 187 Å². The average Bonchev–Trinajstić information content (AvgIpc) is 3.08. The Kier molecular flexibility index (Phi) is 34.4. The molecule has 0 spiro atoms. The number of carbonyl (C=O) groups is 1. The van der Waals surface area contributed by atoms with Gasteiger partial charge >= 0.3 is 0 Å². The van der Waals surface area contributed by atoms with Gasteiger partial charge in [0.2, 0.25) is 5.91 Å². The number of aliphatic hydroxyl groups excluding tert-OH is 2. The van der Waals surface area contributed by atoms with Crippen LogP contribution in [0, 0.1) is 0 Å². The zero-order chi connectivity index (χ0) is 37.0. The minimum absolute atomic E-state index is 0.255. The largest absolute Gasteiger partial charge is 0.387 e. The highest BCUT2D eigenvalue weighted by Gasteiger charge is 2.27. The van der Waals surface area contributed by atoms with E-state index in [1.807, 2.05) is 0 Å². The highest BCUT2D eigenvalue weighted by Crippen LogP contribution is 2.14. The maximum absolute atomic E-state index is 12.6. The van der Waals surface area contributed by atoms with Crippen LogP contribution in [0.4, 0.5) is 0 Å². The first-order chi connectivity index (χ1) is 24.2. The Morgan fingerprint density at radius 1 is 0.560 bits per heavy atom. The first-order valence-corrected chi connectivity index (χ1v) is 22.1. The van der Waals surface area contributed by atoms with Crippen molar-refractivity contribution in [1.82, 2.24) is 5.32 Å². The van der Waals surface area contributed by atoms with Crippen LogP contribution in [0.25, 0.3) is 0 Å². The van der Waals surface area contributed by atoms with Crippen molar-refractivity contribution in [2.24, 2.45) is 0 Å². The van der Waals surface area contributed by atoms with E-state index in [1.165, 1.54) is 109 Å². The lowest BCUT2D eigenvalue weighted by atomic mass is 10.0. The predicted molar refractivity (Wildman–Crippen MR) is 213 cm³/mol. The molecule has 1 amide bonds. The maximum atomic E-state index is 12.6. The minimum Gasteiger partial charge on any atom is -0.387 e. The third-order valence-electron chi connectivity index (χ3n) is 9.11. The number of rotatable bonds is 36. The first kappa shape index (κ1) is 48.3. The molecule has 0 aromatic rings. The van der Waals surface area contributed by atoms with Gasteiger partial charge in [-0.1, -0.05) is 178 Å². The molecule has 0 rings (SSSR count). The van der Waals surface area contributed by atoms with Gasteiger partial charge in [0.15, 0.2) is 0 Å². The van der Waals surface area contributed by atoms with E-state index in [0.717, 1.165) is 51.4 Å². The van der Waals surface area contributed by atoms with Gasteiger partial charge in [-0.25, -0.2) is 0 Å². The van der Waals surface area contributed by atoms with E-state index in [1.54, 1.807) is 6.08 Å². The van der Waals surface area contributed by atoms with Gasteiger partial charge in [-0.2, -0.15) is 8.42 Å². The Hall–Kier alpha value is -1.74. The molecule has 0 saturated carbocycles. The molecular formula is C42H77NO6S. The van der Waals surface area contributed by atoms with E-state index in [2.05, 4.69) is 55.6 Å². The second kappa shape index (κ2) is 35.7. The first-order valence-electron chi connectivity index (χ1n) is 20.5. The normalized spacial score (nSPS) is 14.4. The summed E-state index contributed by atoms with van der Waals surface area (Å²) in [4.78, 5) is 12.6. The number of amides is 1. The van der Waals surface area contributed by atoms with Gasteiger partial charge in [0.05, 0.1) is 17.9 Å². The number of aliphatic hydroxyl groups is 2. The average molecular weight is 724 g/mol. The third-order valence-corrected chi connectivity index (χ3v) is 9.89. The summed E-state index contributed by atoms with van der Waals surface area (Å²) < 4.78 is 32.5. The van der Waals surface area contributed by atoms with Crippen molar-refractivity contribution < 1.29 is 28.0 Å². The summed E-state index contributed by atoms with van der Waals surface area (Å²) >= 11 is 0. The predicted octanol–water partition coefficient (Wildman–Crippen LogP) is 10.9. The summed E-state index contributed by atoms with van der Waals surface area (Å²) in [6, 6.07) is -1.26. The van der Waals surface area contributed by atoms with Crippen LogP contribution < -0.4 is 5.32 Å². The van der Waals surface area contributed by atoms with Crippen molar-refractivity contribution in [2.45, 2.75) is 205 Å². The number of hydrogen-bond acceptors (Lipinski definition) is 5. The van der Waals surface area contributed by atoms with Crippen LogP contribution in [0.15, 0.2) is 48.6 Å². The van der Waals surface area contributed by atoms with Crippen molar-refractivity contribution >= 4 is 16.0 Å². The maximum Gasteiger partial charge on any atom is 0.267 e. The van der Waals surface area contributed by atoms with E-state index in [9.17, 15) is 28.0 Å². The highest BCUT2D eigenvalue weighted by atomic mass is 32.2. The van der Waals surface area contributed by atoms with Gasteiger partial charge < -0.3 is 15.5 Å². The van der Waals surface area contributed by atoms with Gasteiger partial charge in [0.25, 0.3) is 10.1 Å². The molecule has 50 heavy (non-hydrogen) atoms. The molecule has 3 unspecified atom stereocenters. The summed E-state index contributed by atoms with van der Waals surface area (Å²) in [5, 5.41) is 23.3. The van der Waals surface area contributed by atoms with Gasteiger partial charge in [-0.3, -0.25) is 9.35 Å². The molecule has 0 radical (unpaired) electrons. The minimum atomic E-state index is -4.46. The van der Waals surface area contributed by atoms with Crippen molar-refractivity contribution in [1.29, 1.82) is 0 Å². The van der Waals surface area contributed by atoms with Crippen LogP contribution in [0.2, 0.25) is 0 Å². The zero-order valence-electron chi connectivity index (χ0n) is 32.1. The quantitative estimate of drug-likeness (QED) is 0.0221. The smallest absolute Gasteiger partial charge is 0.267 e. The summed E-state index contributed by atoms with van der Waals surface area (Å²) in [6.07, 6.45) is 44.5. The highest BCUT2D eigenvalue weighted by molar-refractivity contribution is 7.85. The fourth-order valence-electron chi connectivity index (χ4n) is 5.93. The van der Waals surface area contributed by atoms with Crippen LogP contribution in [-0.4, -0.2) is 53.1 Å². The molecule has 0 aromatic carbocycles. The Morgan fingerprint density at radius 3 is 1.48 bits per heavy atom. The van der Waals surface area contributed by atoms with Crippen LogP contribution >= 0.6 is 0 Å². The number of hydrogen-bond donors (Lipinski definition) is 4. The van der Waals surface area contributed by atoms with Crippen molar-refractivity contribution in [3.05, 3.63) is 48.6 Å². The Labute approximate surface area is 308 Å². The van der Waals surface area contributed by atoms with E-state index in [0.29, 0.717) is 12.8 Å². The molecule has 0 saturated heterocycles. The molecule has 0 bridgehead atoms. The van der Waals surface area contributed by atoms with Gasteiger partial charge in [0, 0.05) is 0 Å². The topological polar surface area (TPSA) is 124 Å². The number of unbranched alkanes of at least 4 members (excludes halogenated alkanes) is 22. The van der Waals surface area contributed by atoms with Gasteiger partial charge in [-0.05, 0) is 57.8 Å². The van der Waals surface area contributed by atoms with Gasteiger partial charge in [0.1, 0.15) is 6.10 Å². The Bertz CT molecular complexity index is 990. The fraction of sp³-hybridized carbons (Fsp3) is 0.786. The number of allylic oxidation sites excluding steroid dienone is 7. The van der Waals surface area contributed by atoms with Crippen LogP contribution in [-0.2, 0) is 14.9 Å². The summed E-state index contributed by atoms with van der Waals surface area (Å²) in [5.41, 5.74) is 0. The molecule has 7 nitrogen and oxygen atoms in total. The van der Waals surface area contributed by atoms with Crippen molar-refractivity contribution in [3.8, 4) is 0 Å². The van der Waals surface area contributed by atoms with Crippen LogP contribution in [0.3, 0.4) is 0 Å². The Morgan fingerprint density at radius 2 is 0.960 bits per heavy atom. The zero-order valence-corrected chi connectivity index (χ0v) is 32.9. The van der Waals surface area contributed by atoms with E-state index in [-0.39, 0.29) is 6.42 Å². The van der Waals surface area contributed by atoms with Crippen molar-refractivity contribution in [3.63, 3.8) is 0 Å². The molecule has 0 fully saturated rings. The molecule has 292 valence electrons. The second-order valence-corrected chi connectivity index (χ2v) is 15.6. The lowest BCUT2D eigenvalue weighted by molar-refractivity contribution is -0.130. The molecule has 0 aromatic heterocycles. The SMILES string of the molecule is CCCCC/C=C\C=C/CCCCCCCC(O)C(=O)NC(CS(=O)(=O)O)C(O)/C=C/CC/C=C/CCCCCCCCCCCCCCC. The van der Waals surface area contributed by atoms with Crippen LogP contribution in [0.5, 0.6) is 0 Å². The molecule has 8 heteroatoms. The molecule has 3 atom stereocenters. The number of nitrogens with one attached hydrogen (secondary N) is 1. The second-order valence-electron chi connectivity index (χ2n) is 14.1. The third kappa shape index (κ3) is 34.7. The number of carbonyl (C=O) groups excluding carboxylic acids is 1. The molecule has 4 N–H and O–H groups in total. The molecule has 0 aliphatic carbocycles. The summed E-state index contributed by atoms with van der Waals surface area (Å²) in [5.74, 6) is -1.57. The molecule has 0 aliphatic rings. The Balaban J connectivity index is 4.12. The van der Waals surface area contributed by atoms with E-state index in [4.69, 9.17) is 0 Å². The van der Waals surface area contributed by atoms with E-state index >= 15 is 0 Å². The lowest BCUT2D eigenvalue weighted by Gasteiger charge is -2.22. The molecule has 0 heterocycles. The van der Waals surface area contributed by atoms with E-state index < -0.39 is 40.0 Å². The van der Waals surface area contributed by atoms with Crippen molar-refractivity contribution in [2.75, 3.05) is 5.75 Å². The monoisotopic (exact) mass is 724 g/mol. The standard InChI is InChI=1S/C42H77NO6S/c1-3-5-7-9-11-13-15-17-19-20-21-22-23-25-26-28-30-32-34-36-40(44)39(38-50(47,48)49)43-42(46)41(45)37-35-33-31-29-27-24-18-16-14-12-10-8-6-4-2/h12,14,16,18,26,28,34,36,39-41,44-45H,3-11,13,15,17,19-25,27,29-33,35,37-38H2,1-2H3,(H,43,46)(H,47,48,49)/b14-12-,18-16-,28-26+,36-34+.